The molecule has 2 aromatic rings. The van der Waals surface area contributed by atoms with E-state index in [0.29, 0.717) is 17.9 Å². The van der Waals surface area contributed by atoms with E-state index in [1.54, 1.807) is 24.3 Å². The van der Waals surface area contributed by atoms with Crippen LogP contribution in [0.1, 0.15) is 32.9 Å². The summed E-state index contributed by atoms with van der Waals surface area (Å²) in [6.07, 6.45) is 0.344. The predicted octanol–water partition coefficient (Wildman–Crippen LogP) is 2.68. The maximum absolute atomic E-state index is 11.7. The minimum absolute atomic E-state index is 0.112. The number of benzene rings is 1. The third-order valence-corrected chi connectivity index (χ3v) is 2.69. The van der Waals surface area contributed by atoms with Crippen LogP contribution in [0.2, 0.25) is 0 Å². The maximum atomic E-state index is 11.7. The van der Waals surface area contributed by atoms with Gasteiger partial charge >= 0.3 is 5.97 Å². The van der Waals surface area contributed by atoms with E-state index in [4.69, 9.17) is 10.00 Å². The van der Waals surface area contributed by atoms with E-state index in [0.717, 1.165) is 5.56 Å². The molecule has 0 saturated carbocycles. The molecule has 6 heteroatoms. The first kappa shape index (κ1) is 14.7. The van der Waals surface area contributed by atoms with Crippen LogP contribution in [0.5, 0.6) is 5.75 Å². The van der Waals surface area contributed by atoms with Gasteiger partial charge < -0.3 is 4.74 Å². The molecule has 0 fully saturated rings. The van der Waals surface area contributed by atoms with Crippen LogP contribution in [0, 0.1) is 16.7 Å². The molecule has 0 atom stereocenters. The molecule has 0 aliphatic rings. The molecule has 21 heavy (non-hydrogen) atoms. The molecule has 0 amide bonds. The zero-order valence-electron chi connectivity index (χ0n) is 12.2. The number of ether oxygens (including phenoxy) is 1. The minimum Gasteiger partial charge on any atom is -0.427 e. The van der Waals surface area contributed by atoms with Gasteiger partial charge in [-0.1, -0.05) is 20.8 Å². The van der Waals surface area contributed by atoms with Crippen LogP contribution in [-0.4, -0.2) is 21.4 Å². The van der Waals surface area contributed by atoms with E-state index in [1.807, 2.05) is 26.8 Å². The summed E-state index contributed by atoms with van der Waals surface area (Å²) in [5.41, 5.74) is 1.33. The highest BCUT2D eigenvalue weighted by Gasteiger charge is 2.17. The highest BCUT2D eigenvalue weighted by molar-refractivity contribution is 5.73. The van der Waals surface area contributed by atoms with Crippen molar-refractivity contribution in [1.82, 2.24) is 15.4 Å². The number of nitrogens with one attached hydrogen (secondary N) is 1. The fraction of sp³-hybridized carbons (Fsp3) is 0.333. The molecule has 0 aliphatic carbocycles. The normalized spacial score (nSPS) is 11.0. The van der Waals surface area contributed by atoms with Crippen molar-refractivity contribution in [3.05, 3.63) is 30.0 Å². The summed E-state index contributed by atoms with van der Waals surface area (Å²) in [4.78, 5) is 11.7. The Balaban J connectivity index is 2.10. The lowest BCUT2D eigenvalue weighted by Gasteiger charge is -2.16. The Kier molecular flexibility index (Phi) is 4.03. The fourth-order valence-corrected chi connectivity index (χ4v) is 1.79. The zero-order valence-corrected chi connectivity index (χ0v) is 12.2. The van der Waals surface area contributed by atoms with Crippen molar-refractivity contribution in [2.45, 2.75) is 27.2 Å². The van der Waals surface area contributed by atoms with Crippen molar-refractivity contribution < 1.29 is 9.53 Å². The van der Waals surface area contributed by atoms with E-state index in [2.05, 4.69) is 15.4 Å². The monoisotopic (exact) mass is 284 g/mol. The molecule has 1 N–H and O–H groups in total. The number of H-pyrrole nitrogens is 1. The zero-order chi connectivity index (χ0) is 15.5. The lowest BCUT2D eigenvalue weighted by molar-refractivity contribution is -0.136. The predicted molar refractivity (Wildman–Crippen MR) is 76.2 cm³/mol. The summed E-state index contributed by atoms with van der Waals surface area (Å²) < 4.78 is 5.27. The van der Waals surface area contributed by atoms with E-state index in [1.165, 1.54) is 0 Å². The van der Waals surface area contributed by atoms with Crippen LogP contribution in [0.25, 0.3) is 11.3 Å². The van der Waals surface area contributed by atoms with Gasteiger partial charge in [-0.15, -0.1) is 5.10 Å². The van der Waals surface area contributed by atoms with E-state index < -0.39 is 0 Å². The molecular formula is C15H16N4O2. The summed E-state index contributed by atoms with van der Waals surface area (Å²) >= 11 is 0. The number of esters is 1. The number of rotatable bonds is 3. The fourth-order valence-electron chi connectivity index (χ4n) is 1.79. The van der Waals surface area contributed by atoms with Crippen LogP contribution in [-0.2, 0) is 4.79 Å². The van der Waals surface area contributed by atoms with Gasteiger partial charge in [0.25, 0.3) is 0 Å². The second kappa shape index (κ2) is 5.75. The Morgan fingerprint density at radius 1 is 1.29 bits per heavy atom. The molecule has 108 valence electrons. The summed E-state index contributed by atoms with van der Waals surface area (Å²) in [7, 11) is 0. The van der Waals surface area contributed by atoms with Crippen LogP contribution in [0.3, 0.4) is 0 Å². The molecule has 1 heterocycles. The third-order valence-electron chi connectivity index (χ3n) is 2.69. The number of carbonyl (C=O) groups excluding carboxylic acids is 1. The Morgan fingerprint density at radius 2 is 1.95 bits per heavy atom. The number of nitriles is 1. The molecule has 0 bridgehead atoms. The molecule has 0 aliphatic heterocycles. The average molecular weight is 284 g/mol. The van der Waals surface area contributed by atoms with Crippen LogP contribution >= 0.6 is 0 Å². The average Bonchev–Trinajstić information content (AvgIpc) is 2.85. The number of aromatic amines is 1. The second-order valence-corrected chi connectivity index (χ2v) is 5.87. The molecule has 0 saturated heterocycles. The van der Waals surface area contributed by atoms with E-state index in [-0.39, 0.29) is 17.1 Å². The topological polar surface area (TPSA) is 91.7 Å². The molecular weight excluding hydrogens is 268 g/mol. The molecule has 0 unspecified atom stereocenters. The van der Waals surface area contributed by atoms with Crippen molar-refractivity contribution in [2.24, 2.45) is 5.41 Å². The Labute approximate surface area is 122 Å². The van der Waals surface area contributed by atoms with E-state index >= 15 is 0 Å². The van der Waals surface area contributed by atoms with Gasteiger partial charge in [0.1, 0.15) is 17.5 Å². The summed E-state index contributed by atoms with van der Waals surface area (Å²) in [5, 5.41) is 19.0. The third kappa shape index (κ3) is 3.89. The maximum Gasteiger partial charge on any atom is 0.311 e. The Morgan fingerprint density at radius 3 is 2.52 bits per heavy atom. The largest absolute Gasteiger partial charge is 0.427 e. The van der Waals surface area contributed by atoms with Crippen molar-refractivity contribution in [3.63, 3.8) is 0 Å². The molecule has 0 spiro atoms. The van der Waals surface area contributed by atoms with Gasteiger partial charge in [-0.2, -0.15) is 15.6 Å². The number of aromatic nitrogens is 3. The number of nitrogens with zero attached hydrogens (tertiary/aromatic N) is 3. The van der Waals surface area contributed by atoms with Gasteiger partial charge in [-0.25, -0.2) is 0 Å². The highest BCUT2D eigenvalue weighted by atomic mass is 16.5. The molecule has 1 aromatic carbocycles. The smallest absolute Gasteiger partial charge is 0.311 e. The standard InChI is InChI=1S/C15H16N4O2/c1-15(2,3)8-13(20)21-11-6-4-10(5-7-11)14-12(9-16)17-19-18-14/h4-7H,8H2,1-3H3,(H,17,18,19). The summed E-state index contributed by atoms with van der Waals surface area (Å²) in [5.74, 6) is 0.199. The first-order valence-corrected chi connectivity index (χ1v) is 6.51. The van der Waals surface area contributed by atoms with Crippen molar-refractivity contribution in [1.29, 1.82) is 5.26 Å². The van der Waals surface area contributed by atoms with Gasteiger partial charge in [0.2, 0.25) is 0 Å². The molecule has 0 radical (unpaired) electrons. The lowest BCUT2D eigenvalue weighted by Crippen LogP contribution is -2.17. The van der Waals surface area contributed by atoms with Crippen LogP contribution < -0.4 is 4.74 Å². The minimum atomic E-state index is -0.269. The van der Waals surface area contributed by atoms with Gasteiger partial charge in [-0.05, 0) is 29.7 Å². The lowest BCUT2D eigenvalue weighted by atomic mass is 9.92. The first-order chi connectivity index (χ1) is 9.89. The number of hydrogen-bond acceptors (Lipinski definition) is 5. The Hall–Kier alpha value is -2.68. The van der Waals surface area contributed by atoms with Gasteiger partial charge in [-0.3, -0.25) is 4.79 Å². The van der Waals surface area contributed by atoms with Crippen molar-refractivity contribution in [3.8, 4) is 23.1 Å². The Bertz CT molecular complexity index is 675. The van der Waals surface area contributed by atoms with Crippen molar-refractivity contribution in [2.75, 3.05) is 0 Å². The number of hydrogen-bond donors (Lipinski definition) is 1. The van der Waals surface area contributed by atoms with Crippen LogP contribution in [0.4, 0.5) is 0 Å². The van der Waals surface area contributed by atoms with E-state index in [9.17, 15) is 4.79 Å². The van der Waals surface area contributed by atoms with Gasteiger partial charge in [0, 0.05) is 5.56 Å². The quantitative estimate of drug-likeness (QED) is 0.691. The van der Waals surface area contributed by atoms with Gasteiger partial charge in [0.05, 0.1) is 6.42 Å². The summed E-state index contributed by atoms with van der Waals surface area (Å²) in [6.45, 7) is 5.93. The summed E-state index contributed by atoms with van der Waals surface area (Å²) in [6, 6.07) is 8.77. The van der Waals surface area contributed by atoms with Gasteiger partial charge in [0.15, 0.2) is 5.69 Å². The second-order valence-electron chi connectivity index (χ2n) is 5.87. The van der Waals surface area contributed by atoms with Crippen LogP contribution in [0.15, 0.2) is 24.3 Å². The highest BCUT2D eigenvalue weighted by Crippen LogP contribution is 2.24. The number of carbonyl (C=O) groups is 1. The SMILES string of the molecule is CC(C)(C)CC(=O)Oc1ccc(-c2n[nH]nc2C#N)cc1. The van der Waals surface area contributed by atoms with Crippen molar-refractivity contribution >= 4 is 5.97 Å². The molecule has 6 nitrogen and oxygen atoms in total. The first-order valence-electron chi connectivity index (χ1n) is 6.51. The molecule has 2 rings (SSSR count). The molecule has 1 aromatic heterocycles.